The fourth-order valence-electron chi connectivity index (χ4n) is 6.86. The molecule has 0 amide bonds. The molecule has 2 aromatic rings. The molecule has 0 saturated heterocycles. The number of phenols is 2. The van der Waals surface area contributed by atoms with Crippen LogP contribution in [0, 0.1) is 17.8 Å². The van der Waals surface area contributed by atoms with Gasteiger partial charge in [0.05, 0.1) is 11.8 Å². The van der Waals surface area contributed by atoms with Crippen LogP contribution in [0.3, 0.4) is 0 Å². The zero-order chi connectivity index (χ0) is 37.0. The summed E-state index contributed by atoms with van der Waals surface area (Å²) in [7, 11) is 0. The van der Waals surface area contributed by atoms with E-state index in [-0.39, 0.29) is 58.3 Å². The predicted molar refractivity (Wildman–Crippen MR) is 198 cm³/mol. The van der Waals surface area contributed by atoms with Crippen LogP contribution in [0.15, 0.2) is 24.3 Å². The SMILES string of the molecule is CCCCCCC(CC(Cc1cc(C(C)(C)C)c(O)c(C(C)(C)C)c1)C(=O)O)C(Cc1cc(C(C)(C)C)c(O)c(C(C)(C)C)c1)C(=O)O. The molecule has 0 aliphatic heterocycles. The summed E-state index contributed by atoms with van der Waals surface area (Å²) in [5, 5.41) is 43.8. The highest BCUT2D eigenvalue weighted by molar-refractivity contribution is 5.72. The Morgan fingerprint density at radius 2 is 0.958 bits per heavy atom. The van der Waals surface area contributed by atoms with Gasteiger partial charge in [0.2, 0.25) is 0 Å². The predicted octanol–water partition coefficient (Wildman–Crippen LogP) is 10.5. The highest BCUT2D eigenvalue weighted by Gasteiger charge is 2.35. The molecule has 0 aliphatic rings. The van der Waals surface area contributed by atoms with Crippen molar-refractivity contribution in [1.82, 2.24) is 0 Å². The second-order valence-electron chi connectivity index (χ2n) is 18.3. The van der Waals surface area contributed by atoms with Crippen molar-refractivity contribution in [2.24, 2.45) is 17.8 Å². The van der Waals surface area contributed by atoms with Gasteiger partial charge in [-0.2, -0.15) is 0 Å². The number of unbranched alkanes of at least 4 members (excludes halogenated alkanes) is 3. The Morgan fingerprint density at radius 1 is 0.583 bits per heavy atom. The van der Waals surface area contributed by atoms with Crippen molar-refractivity contribution < 1.29 is 30.0 Å². The van der Waals surface area contributed by atoms with Crippen molar-refractivity contribution in [3.63, 3.8) is 0 Å². The molecule has 270 valence electrons. The summed E-state index contributed by atoms with van der Waals surface area (Å²) in [5.41, 5.74) is 3.42. The average molecular weight is 667 g/mol. The van der Waals surface area contributed by atoms with Gasteiger partial charge in [-0.15, -0.1) is 0 Å². The lowest BCUT2D eigenvalue weighted by Gasteiger charge is -2.31. The topological polar surface area (TPSA) is 115 Å². The molecule has 4 N–H and O–H groups in total. The number of carbonyl (C=O) groups is 2. The average Bonchev–Trinajstić information content (AvgIpc) is 2.91. The standard InChI is InChI=1S/C42H66O6/c1-14-15-16-17-18-28(30(38(47)48)20-27-23-33(41(8,9)10)36(44)34(24-27)42(11,12)13)25-29(37(45)46)19-26-21-31(39(2,3)4)35(43)32(22-26)40(5,6)7/h21-24,28-30,43-44H,14-20,25H2,1-13H3,(H,45,46)(H,47,48). The lowest BCUT2D eigenvalue weighted by atomic mass is 9.74. The number of hydrogen-bond acceptors (Lipinski definition) is 4. The molecule has 0 saturated carbocycles. The molecule has 0 spiro atoms. The third kappa shape index (κ3) is 11.0. The maximum absolute atomic E-state index is 13.1. The van der Waals surface area contributed by atoms with Gasteiger partial charge < -0.3 is 20.4 Å². The molecule has 0 heterocycles. The van der Waals surface area contributed by atoms with Crippen LogP contribution in [0.1, 0.15) is 162 Å². The second-order valence-corrected chi connectivity index (χ2v) is 18.3. The van der Waals surface area contributed by atoms with E-state index < -0.39 is 23.8 Å². The number of aliphatic carboxylic acids is 2. The van der Waals surface area contributed by atoms with Gasteiger partial charge in [-0.25, -0.2) is 0 Å². The van der Waals surface area contributed by atoms with Crippen molar-refractivity contribution >= 4 is 11.9 Å². The fourth-order valence-corrected chi connectivity index (χ4v) is 6.86. The Balaban J connectivity index is 2.64. The van der Waals surface area contributed by atoms with Crippen LogP contribution in [0.25, 0.3) is 0 Å². The summed E-state index contributed by atoms with van der Waals surface area (Å²) >= 11 is 0. The third-order valence-corrected chi connectivity index (χ3v) is 9.76. The van der Waals surface area contributed by atoms with E-state index in [9.17, 15) is 30.0 Å². The first-order valence-electron chi connectivity index (χ1n) is 18.0. The fraction of sp³-hybridized carbons (Fsp3) is 0.667. The number of carboxylic acids is 2. The number of benzene rings is 2. The van der Waals surface area contributed by atoms with Crippen molar-refractivity contribution in [3.05, 3.63) is 57.6 Å². The summed E-state index contributed by atoms with van der Waals surface area (Å²) < 4.78 is 0. The highest BCUT2D eigenvalue weighted by Crippen LogP contribution is 2.43. The van der Waals surface area contributed by atoms with E-state index in [1.54, 1.807) is 0 Å². The summed E-state index contributed by atoms with van der Waals surface area (Å²) in [6, 6.07) is 7.76. The van der Waals surface area contributed by atoms with E-state index in [4.69, 9.17) is 0 Å². The van der Waals surface area contributed by atoms with E-state index >= 15 is 0 Å². The van der Waals surface area contributed by atoms with Gasteiger partial charge in [0.1, 0.15) is 11.5 Å². The van der Waals surface area contributed by atoms with Crippen molar-refractivity contribution in [2.75, 3.05) is 0 Å². The molecule has 0 aromatic heterocycles. The molecule has 6 heteroatoms. The Kier molecular flexibility index (Phi) is 13.4. The minimum Gasteiger partial charge on any atom is -0.507 e. The van der Waals surface area contributed by atoms with Gasteiger partial charge in [-0.3, -0.25) is 9.59 Å². The Bertz CT molecular complexity index is 1340. The number of aromatic hydroxyl groups is 2. The molecule has 3 atom stereocenters. The summed E-state index contributed by atoms with van der Waals surface area (Å²) in [4.78, 5) is 26.0. The van der Waals surface area contributed by atoms with Crippen LogP contribution >= 0.6 is 0 Å². The number of hydrogen-bond donors (Lipinski definition) is 4. The molecule has 2 rings (SSSR count). The summed E-state index contributed by atoms with van der Waals surface area (Å²) in [5.74, 6) is -3.27. The van der Waals surface area contributed by atoms with Crippen LogP contribution in [-0.4, -0.2) is 32.4 Å². The largest absolute Gasteiger partial charge is 0.507 e. The van der Waals surface area contributed by atoms with E-state index in [1.807, 2.05) is 107 Å². The van der Waals surface area contributed by atoms with Gasteiger partial charge in [0.25, 0.3) is 0 Å². The molecule has 3 unspecified atom stereocenters. The molecular formula is C42H66O6. The monoisotopic (exact) mass is 666 g/mol. The molecule has 0 radical (unpaired) electrons. The van der Waals surface area contributed by atoms with Crippen molar-refractivity contribution in [3.8, 4) is 11.5 Å². The van der Waals surface area contributed by atoms with Gasteiger partial charge in [-0.05, 0) is 86.6 Å². The minimum absolute atomic E-state index is 0.241. The smallest absolute Gasteiger partial charge is 0.307 e. The first kappa shape index (κ1) is 41.2. The zero-order valence-corrected chi connectivity index (χ0v) is 32.3. The lowest BCUT2D eigenvalue weighted by molar-refractivity contribution is -0.147. The molecule has 0 bridgehead atoms. The normalized spacial score (nSPS) is 14.9. The molecule has 0 aliphatic carbocycles. The van der Waals surface area contributed by atoms with Crippen LogP contribution in [0.2, 0.25) is 0 Å². The van der Waals surface area contributed by atoms with E-state index in [0.717, 1.165) is 59.1 Å². The Hall–Kier alpha value is -3.02. The van der Waals surface area contributed by atoms with E-state index in [0.29, 0.717) is 6.42 Å². The van der Waals surface area contributed by atoms with Crippen LogP contribution in [-0.2, 0) is 44.1 Å². The van der Waals surface area contributed by atoms with E-state index in [2.05, 4.69) is 6.92 Å². The molecule has 6 nitrogen and oxygen atoms in total. The van der Waals surface area contributed by atoms with Gasteiger partial charge >= 0.3 is 11.9 Å². The minimum atomic E-state index is -0.935. The molecule has 48 heavy (non-hydrogen) atoms. The van der Waals surface area contributed by atoms with Crippen LogP contribution < -0.4 is 0 Å². The quantitative estimate of drug-likeness (QED) is 0.149. The summed E-state index contributed by atoms with van der Waals surface area (Å²) in [6.07, 6.45) is 5.30. The highest BCUT2D eigenvalue weighted by atomic mass is 16.4. The second kappa shape index (κ2) is 15.7. The first-order valence-corrected chi connectivity index (χ1v) is 18.0. The first-order chi connectivity index (χ1) is 21.8. The van der Waals surface area contributed by atoms with Gasteiger partial charge in [-0.1, -0.05) is 140 Å². The Morgan fingerprint density at radius 3 is 1.27 bits per heavy atom. The van der Waals surface area contributed by atoms with Crippen molar-refractivity contribution in [2.45, 2.75) is 163 Å². The van der Waals surface area contributed by atoms with Gasteiger partial charge in [0.15, 0.2) is 0 Å². The molecule has 0 fully saturated rings. The van der Waals surface area contributed by atoms with E-state index in [1.165, 1.54) is 0 Å². The van der Waals surface area contributed by atoms with Gasteiger partial charge in [0, 0.05) is 0 Å². The molecular weight excluding hydrogens is 600 g/mol. The van der Waals surface area contributed by atoms with Crippen LogP contribution in [0.5, 0.6) is 11.5 Å². The maximum Gasteiger partial charge on any atom is 0.307 e. The molecule has 2 aromatic carbocycles. The Labute approximate surface area is 291 Å². The lowest BCUT2D eigenvalue weighted by Crippen LogP contribution is -2.31. The summed E-state index contributed by atoms with van der Waals surface area (Å²) in [6.45, 7) is 26.6. The number of rotatable bonds is 14. The number of phenolic OH excluding ortho intramolecular Hbond substituents is 2. The van der Waals surface area contributed by atoms with Crippen molar-refractivity contribution in [1.29, 1.82) is 0 Å². The zero-order valence-electron chi connectivity index (χ0n) is 32.3. The number of carboxylic acid groups (broad SMARTS) is 2. The van der Waals surface area contributed by atoms with Crippen LogP contribution in [0.4, 0.5) is 0 Å². The maximum atomic E-state index is 13.1. The third-order valence-electron chi connectivity index (χ3n) is 9.76.